The molecule has 0 fully saturated rings. The van der Waals surface area contributed by atoms with Gasteiger partial charge in [0.1, 0.15) is 0 Å². The number of aromatic nitrogens is 4. The minimum atomic E-state index is -0.383. The quantitative estimate of drug-likeness (QED) is 0.855. The zero-order valence-corrected chi connectivity index (χ0v) is 8.79. The maximum Gasteiger partial charge on any atom is 0.260 e. The third-order valence-electron chi connectivity index (χ3n) is 1.53. The first-order valence-corrected chi connectivity index (χ1v) is 4.98. The van der Waals surface area contributed by atoms with Crippen molar-refractivity contribution in [1.82, 2.24) is 19.8 Å². The highest BCUT2D eigenvalue weighted by Gasteiger charge is 2.11. The largest absolute Gasteiger partial charge is 0.295 e. The van der Waals surface area contributed by atoms with E-state index in [4.69, 9.17) is 11.6 Å². The van der Waals surface area contributed by atoms with Crippen LogP contribution in [0.3, 0.4) is 0 Å². The molecule has 8 heteroatoms. The van der Waals surface area contributed by atoms with Crippen LogP contribution in [0.4, 0.5) is 5.13 Å². The average Bonchev–Trinajstić information content (AvgIpc) is 2.71. The summed E-state index contributed by atoms with van der Waals surface area (Å²) in [7, 11) is 0. The number of anilines is 1. The molecule has 2 heterocycles. The maximum absolute atomic E-state index is 11.6. The fourth-order valence-electron chi connectivity index (χ4n) is 0.891. The fraction of sp³-hybridized carbons (Fsp3) is 0. The number of rotatable bonds is 2. The zero-order chi connectivity index (χ0) is 10.7. The van der Waals surface area contributed by atoms with E-state index in [1.54, 1.807) is 0 Å². The number of hydrogen-bond acceptors (Lipinski definition) is 6. The minimum Gasteiger partial charge on any atom is -0.295 e. The van der Waals surface area contributed by atoms with Gasteiger partial charge in [0.2, 0.25) is 5.13 Å². The molecular formula is C7H4ClN5OS. The van der Waals surface area contributed by atoms with E-state index in [2.05, 4.69) is 25.1 Å². The Bertz CT molecular complexity index is 474. The topological polar surface area (TPSA) is 80.7 Å². The Kier molecular flexibility index (Phi) is 2.84. The van der Waals surface area contributed by atoms with Crippen LogP contribution in [0.5, 0.6) is 0 Å². The van der Waals surface area contributed by atoms with E-state index in [0.717, 1.165) is 11.5 Å². The predicted octanol–water partition coefficient (Wildman–Crippen LogP) is 1.23. The van der Waals surface area contributed by atoms with E-state index in [-0.39, 0.29) is 11.5 Å². The highest BCUT2D eigenvalue weighted by Crippen LogP contribution is 2.15. The molecule has 76 valence electrons. The van der Waals surface area contributed by atoms with Crippen LogP contribution in [0.25, 0.3) is 0 Å². The summed E-state index contributed by atoms with van der Waals surface area (Å²) in [5.41, 5.74) is 0.286. The van der Waals surface area contributed by atoms with Crippen LogP contribution in [0, 0.1) is 0 Å². The van der Waals surface area contributed by atoms with Gasteiger partial charge in [-0.2, -0.15) is 0 Å². The maximum atomic E-state index is 11.6. The summed E-state index contributed by atoms with van der Waals surface area (Å²) in [5.74, 6) is -0.383. The smallest absolute Gasteiger partial charge is 0.260 e. The first kappa shape index (κ1) is 9.94. The molecule has 0 aliphatic heterocycles. The molecule has 2 rings (SSSR count). The normalized spacial score (nSPS) is 9.93. The molecule has 0 saturated heterocycles. The summed E-state index contributed by atoms with van der Waals surface area (Å²) in [4.78, 5) is 15.4. The standard InChI is InChI=1S/C7H4ClN5OS/c8-5-1-2-9-3-4(5)6(14)10-7-11-12-13-15-7/h1-3H,(H,10,11,13,14). The Morgan fingerprint density at radius 1 is 1.53 bits per heavy atom. The highest BCUT2D eigenvalue weighted by atomic mass is 35.5. The van der Waals surface area contributed by atoms with Crippen LogP contribution < -0.4 is 5.32 Å². The molecule has 2 aromatic rings. The molecule has 1 N–H and O–H groups in total. The summed E-state index contributed by atoms with van der Waals surface area (Å²) in [5, 5.41) is 10.1. The van der Waals surface area contributed by atoms with E-state index in [9.17, 15) is 4.79 Å². The van der Waals surface area contributed by atoms with Gasteiger partial charge < -0.3 is 0 Å². The molecule has 0 aromatic carbocycles. The molecule has 0 unspecified atom stereocenters. The van der Waals surface area contributed by atoms with Crippen molar-refractivity contribution in [2.24, 2.45) is 0 Å². The second-order valence-electron chi connectivity index (χ2n) is 2.48. The molecule has 2 aromatic heterocycles. The van der Waals surface area contributed by atoms with Crippen molar-refractivity contribution < 1.29 is 4.79 Å². The third kappa shape index (κ3) is 2.25. The van der Waals surface area contributed by atoms with Gasteiger partial charge in [-0.25, -0.2) is 0 Å². The summed E-state index contributed by atoms with van der Waals surface area (Å²) < 4.78 is 3.51. The molecule has 0 bridgehead atoms. The monoisotopic (exact) mass is 241 g/mol. The van der Waals surface area contributed by atoms with Gasteiger partial charge >= 0.3 is 0 Å². The highest BCUT2D eigenvalue weighted by molar-refractivity contribution is 7.09. The molecule has 0 spiro atoms. The SMILES string of the molecule is O=C(Nc1nnns1)c1cnccc1Cl. The number of halogens is 1. The van der Waals surface area contributed by atoms with E-state index in [1.807, 2.05) is 0 Å². The lowest BCUT2D eigenvalue weighted by atomic mass is 10.3. The van der Waals surface area contributed by atoms with Crippen LogP contribution in [0.2, 0.25) is 5.02 Å². The summed E-state index contributed by atoms with van der Waals surface area (Å²) in [6, 6.07) is 1.54. The first-order chi connectivity index (χ1) is 7.27. The molecule has 0 aliphatic rings. The van der Waals surface area contributed by atoms with Crippen LogP contribution in [0.15, 0.2) is 18.5 Å². The van der Waals surface area contributed by atoms with Crippen LogP contribution in [0.1, 0.15) is 10.4 Å². The third-order valence-corrected chi connectivity index (χ3v) is 2.37. The number of hydrogen-bond donors (Lipinski definition) is 1. The van der Waals surface area contributed by atoms with Gasteiger partial charge in [0.05, 0.1) is 10.6 Å². The van der Waals surface area contributed by atoms with Gasteiger partial charge in [0, 0.05) is 23.9 Å². The van der Waals surface area contributed by atoms with E-state index in [1.165, 1.54) is 18.5 Å². The van der Waals surface area contributed by atoms with Gasteiger partial charge in [0.25, 0.3) is 5.91 Å². The van der Waals surface area contributed by atoms with E-state index >= 15 is 0 Å². The number of carbonyl (C=O) groups excluding carboxylic acids is 1. The van der Waals surface area contributed by atoms with E-state index in [0.29, 0.717) is 10.2 Å². The van der Waals surface area contributed by atoms with Crippen molar-refractivity contribution in [3.63, 3.8) is 0 Å². The van der Waals surface area contributed by atoms with Gasteiger partial charge in [-0.15, -0.1) is 0 Å². The van der Waals surface area contributed by atoms with Crippen molar-refractivity contribution in [2.45, 2.75) is 0 Å². The summed E-state index contributed by atoms with van der Waals surface area (Å²) in [6.07, 6.45) is 2.89. The Balaban J connectivity index is 2.19. The molecule has 6 nitrogen and oxygen atoms in total. The molecule has 15 heavy (non-hydrogen) atoms. The second kappa shape index (κ2) is 4.28. The number of pyridine rings is 1. The van der Waals surface area contributed by atoms with Crippen LogP contribution in [-0.4, -0.2) is 25.7 Å². The van der Waals surface area contributed by atoms with Crippen molar-refractivity contribution in [3.05, 3.63) is 29.0 Å². The predicted molar refractivity (Wildman–Crippen MR) is 54.9 cm³/mol. The van der Waals surface area contributed by atoms with Gasteiger partial charge in [-0.3, -0.25) is 15.1 Å². The van der Waals surface area contributed by atoms with Crippen molar-refractivity contribution in [3.8, 4) is 0 Å². The average molecular weight is 242 g/mol. The van der Waals surface area contributed by atoms with Crippen LogP contribution >= 0.6 is 23.1 Å². The fourth-order valence-corrected chi connectivity index (χ4v) is 1.44. The number of carbonyl (C=O) groups is 1. The Hall–Kier alpha value is -1.60. The van der Waals surface area contributed by atoms with Crippen molar-refractivity contribution >= 4 is 34.2 Å². The van der Waals surface area contributed by atoms with Gasteiger partial charge in [-0.05, 0) is 11.3 Å². The molecule has 1 amide bonds. The van der Waals surface area contributed by atoms with Crippen molar-refractivity contribution in [2.75, 3.05) is 5.32 Å². The summed E-state index contributed by atoms with van der Waals surface area (Å²) in [6.45, 7) is 0. The summed E-state index contributed by atoms with van der Waals surface area (Å²) >= 11 is 6.79. The minimum absolute atomic E-state index is 0.286. The Morgan fingerprint density at radius 3 is 3.07 bits per heavy atom. The Labute approximate surface area is 93.5 Å². The Morgan fingerprint density at radius 2 is 2.40 bits per heavy atom. The number of nitrogens with one attached hydrogen (secondary N) is 1. The number of amides is 1. The van der Waals surface area contributed by atoms with E-state index < -0.39 is 0 Å². The zero-order valence-electron chi connectivity index (χ0n) is 7.22. The van der Waals surface area contributed by atoms with Gasteiger partial charge in [0.15, 0.2) is 0 Å². The molecular weight excluding hydrogens is 238 g/mol. The molecule has 0 saturated carbocycles. The lowest BCUT2D eigenvalue weighted by Gasteiger charge is -2.01. The second-order valence-corrected chi connectivity index (χ2v) is 3.62. The van der Waals surface area contributed by atoms with Crippen molar-refractivity contribution in [1.29, 1.82) is 0 Å². The molecule has 0 atom stereocenters. The lowest BCUT2D eigenvalue weighted by molar-refractivity contribution is 0.102. The number of nitrogens with zero attached hydrogens (tertiary/aromatic N) is 4. The van der Waals surface area contributed by atoms with Crippen LogP contribution in [-0.2, 0) is 0 Å². The molecule has 0 radical (unpaired) electrons. The molecule has 0 aliphatic carbocycles. The lowest BCUT2D eigenvalue weighted by Crippen LogP contribution is -2.12. The first-order valence-electron chi connectivity index (χ1n) is 3.83. The van der Waals surface area contributed by atoms with Gasteiger partial charge in [-0.1, -0.05) is 21.2 Å².